The number of ether oxygens (including phenoxy) is 2. The third-order valence-electron chi connectivity index (χ3n) is 5.57. The number of likely N-dealkylation sites (N-methyl/N-ethyl adjacent to an activating group) is 2. The van der Waals surface area contributed by atoms with Crippen molar-refractivity contribution in [2.45, 2.75) is 11.8 Å². The molecule has 1 fully saturated rings. The van der Waals surface area contributed by atoms with E-state index in [9.17, 15) is 14.4 Å². The van der Waals surface area contributed by atoms with E-state index in [1.54, 1.807) is 30.0 Å². The Kier molecular flexibility index (Phi) is 7.41. The fourth-order valence-electron chi connectivity index (χ4n) is 3.77. The summed E-state index contributed by atoms with van der Waals surface area (Å²) in [5.74, 6) is 0.577. The highest BCUT2D eigenvalue weighted by Gasteiger charge is 2.37. The average molecular weight is 491 g/mol. The van der Waals surface area contributed by atoms with Gasteiger partial charge in [-0.2, -0.15) is 0 Å². The van der Waals surface area contributed by atoms with Gasteiger partial charge in [0.15, 0.2) is 11.5 Å². The van der Waals surface area contributed by atoms with Crippen molar-refractivity contribution in [3.05, 3.63) is 71.8 Å². The summed E-state index contributed by atoms with van der Waals surface area (Å²) in [6, 6.07) is 19.1. The molecule has 0 atom stereocenters. The van der Waals surface area contributed by atoms with E-state index < -0.39 is 17.8 Å². The molecule has 0 saturated carbocycles. The summed E-state index contributed by atoms with van der Waals surface area (Å²) in [4.78, 5) is 39.9. The summed E-state index contributed by atoms with van der Waals surface area (Å²) in [5.41, 5.74) is 0.510. The Morgan fingerprint density at radius 2 is 1.57 bits per heavy atom. The van der Waals surface area contributed by atoms with Gasteiger partial charge in [0.1, 0.15) is 5.57 Å². The van der Waals surface area contributed by atoms with E-state index in [1.165, 1.54) is 35.8 Å². The third-order valence-corrected chi connectivity index (χ3v) is 6.61. The van der Waals surface area contributed by atoms with Crippen molar-refractivity contribution < 1.29 is 23.9 Å². The highest BCUT2D eigenvalue weighted by Crippen LogP contribution is 2.31. The topological polar surface area (TPSA) is 76.2 Å². The van der Waals surface area contributed by atoms with E-state index in [1.807, 2.05) is 19.1 Å². The SMILES string of the molecule is CCOc1cc(C=C2C(=O)N(C)C(=O)N(C)C2=O)ccc1OCCSc1cccc2ccccc12. The minimum atomic E-state index is -0.655. The van der Waals surface area contributed by atoms with Crippen LogP contribution in [-0.4, -0.2) is 60.7 Å². The zero-order chi connectivity index (χ0) is 24.9. The third kappa shape index (κ3) is 5.17. The van der Waals surface area contributed by atoms with Crippen LogP contribution >= 0.6 is 11.8 Å². The first-order valence-corrected chi connectivity index (χ1v) is 12.2. The molecule has 3 aromatic carbocycles. The van der Waals surface area contributed by atoms with Gasteiger partial charge in [-0.15, -0.1) is 11.8 Å². The molecule has 0 unspecified atom stereocenters. The van der Waals surface area contributed by atoms with Crippen molar-refractivity contribution in [2.75, 3.05) is 33.1 Å². The highest BCUT2D eigenvalue weighted by molar-refractivity contribution is 7.99. The van der Waals surface area contributed by atoms with E-state index in [0.29, 0.717) is 30.3 Å². The maximum absolute atomic E-state index is 12.5. The fourth-order valence-corrected chi connectivity index (χ4v) is 4.67. The van der Waals surface area contributed by atoms with Crippen LogP contribution < -0.4 is 9.47 Å². The van der Waals surface area contributed by atoms with Crippen molar-refractivity contribution in [2.24, 2.45) is 0 Å². The van der Waals surface area contributed by atoms with Gasteiger partial charge in [-0.05, 0) is 47.5 Å². The summed E-state index contributed by atoms with van der Waals surface area (Å²) < 4.78 is 11.7. The van der Waals surface area contributed by atoms with Gasteiger partial charge in [0.2, 0.25) is 0 Å². The number of fused-ring (bicyclic) bond motifs is 1. The molecule has 7 nitrogen and oxygen atoms in total. The Bertz CT molecular complexity index is 1290. The molecular weight excluding hydrogens is 464 g/mol. The van der Waals surface area contributed by atoms with Crippen LogP contribution in [0.1, 0.15) is 12.5 Å². The van der Waals surface area contributed by atoms with Gasteiger partial charge in [0.05, 0.1) is 13.2 Å². The second-order valence-electron chi connectivity index (χ2n) is 7.88. The number of thioether (sulfide) groups is 1. The van der Waals surface area contributed by atoms with Crippen LogP contribution in [0.5, 0.6) is 11.5 Å². The van der Waals surface area contributed by atoms with Gasteiger partial charge in [-0.3, -0.25) is 19.4 Å². The largest absolute Gasteiger partial charge is 0.490 e. The first kappa shape index (κ1) is 24.3. The number of benzene rings is 3. The van der Waals surface area contributed by atoms with Crippen LogP contribution in [0.25, 0.3) is 16.8 Å². The molecule has 0 spiro atoms. The first-order chi connectivity index (χ1) is 16.9. The normalized spacial score (nSPS) is 14.0. The fraction of sp³-hybridized carbons (Fsp3) is 0.222. The Balaban J connectivity index is 1.46. The predicted octanol–water partition coefficient (Wildman–Crippen LogP) is 4.84. The van der Waals surface area contributed by atoms with Crippen LogP contribution in [0.4, 0.5) is 4.79 Å². The Morgan fingerprint density at radius 1 is 0.857 bits per heavy atom. The number of hydrogen-bond acceptors (Lipinski definition) is 6. The van der Waals surface area contributed by atoms with Gasteiger partial charge in [0, 0.05) is 24.7 Å². The quantitative estimate of drug-likeness (QED) is 0.195. The molecule has 0 radical (unpaired) electrons. The van der Waals surface area contributed by atoms with Gasteiger partial charge >= 0.3 is 6.03 Å². The minimum Gasteiger partial charge on any atom is -0.490 e. The second kappa shape index (κ2) is 10.7. The van der Waals surface area contributed by atoms with E-state index in [2.05, 4.69) is 30.3 Å². The number of amides is 4. The van der Waals surface area contributed by atoms with Crippen LogP contribution in [0.2, 0.25) is 0 Å². The second-order valence-corrected chi connectivity index (χ2v) is 9.02. The lowest BCUT2D eigenvalue weighted by Gasteiger charge is -2.28. The van der Waals surface area contributed by atoms with Crippen LogP contribution in [0, 0.1) is 0 Å². The smallest absolute Gasteiger partial charge is 0.333 e. The molecule has 1 aliphatic rings. The lowest BCUT2D eigenvalue weighted by molar-refractivity contribution is -0.134. The van der Waals surface area contributed by atoms with Crippen molar-refractivity contribution in [3.8, 4) is 11.5 Å². The van der Waals surface area contributed by atoms with Crippen molar-refractivity contribution in [3.63, 3.8) is 0 Å². The Morgan fingerprint density at radius 3 is 2.31 bits per heavy atom. The van der Waals surface area contributed by atoms with Gasteiger partial charge < -0.3 is 9.47 Å². The van der Waals surface area contributed by atoms with E-state index >= 15 is 0 Å². The number of urea groups is 1. The number of barbiturate groups is 1. The van der Waals surface area contributed by atoms with Crippen LogP contribution in [0.15, 0.2) is 71.1 Å². The Labute approximate surface area is 208 Å². The number of carbonyl (C=O) groups is 3. The van der Waals surface area contributed by atoms with Gasteiger partial charge in [-0.1, -0.05) is 42.5 Å². The highest BCUT2D eigenvalue weighted by atomic mass is 32.2. The summed E-state index contributed by atoms with van der Waals surface area (Å²) in [6.07, 6.45) is 1.47. The molecule has 3 aromatic rings. The average Bonchev–Trinajstić information content (AvgIpc) is 2.88. The predicted molar refractivity (Wildman–Crippen MR) is 137 cm³/mol. The van der Waals surface area contributed by atoms with Gasteiger partial charge in [-0.25, -0.2) is 4.79 Å². The lowest BCUT2D eigenvalue weighted by atomic mass is 10.1. The molecule has 0 bridgehead atoms. The first-order valence-electron chi connectivity index (χ1n) is 11.2. The molecule has 1 aliphatic heterocycles. The molecule has 8 heteroatoms. The molecule has 0 N–H and O–H groups in total. The molecule has 1 saturated heterocycles. The molecule has 4 rings (SSSR count). The van der Waals surface area contributed by atoms with E-state index in [-0.39, 0.29) is 5.57 Å². The monoisotopic (exact) mass is 490 g/mol. The Hall–Kier alpha value is -3.78. The molecule has 35 heavy (non-hydrogen) atoms. The maximum atomic E-state index is 12.5. The number of carbonyl (C=O) groups excluding carboxylic acids is 3. The lowest BCUT2D eigenvalue weighted by Crippen LogP contribution is -2.52. The summed E-state index contributed by atoms with van der Waals surface area (Å²) in [6.45, 7) is 2.77. The molecule has 1 heterocycles. The van der Waals surface area contributed by atoms with E-state index in [0.717, 1.165) is 15.6 Å². The summed E-state index contributed by atoms with van der Waals surface area (Å²) in [5, 5.41) is 2.43. The van der Waals surface area contributed by atoms with Crippen LogP contribution in [0.3, 0.4) is 0 Å². The molecule has 0 aromatic heterocycles. The molecule has 0 aliphatic carbocycles. The number of nitrogens with zero attached hydrogens (tertiary/aromatic N) is 2. The van der Waals surface area contributed by atoms with Crippen molar-refractivity contribution >= 4 is 46.5 Å². The number of rotatable bonds is 8. The zero-order valence-electron chi connectivity index (χ0n) is 19.8. The zero-order valence-corrected chi connectivity index (χ0v) is 20.6. The van der Waals surface area contributed by atoms with Crippen LogP contribution in [-0.2, 0) is 9.59 Å². The van der Waals surface area contributed by atoms with E-state index in [4.69, 9.17) is 9.47 Å². The summed E-state index contributed by atoms with van der Waals surface area (Å²) >= 11 is 1.73. The standard InChI is InChI=1S/C27H26N2O5S/c1-4-33-23-17-18(16-21-25(30)28(2)27(32)29(3)26(21)31)12-13-22(23)34-14-15-35-24-11-7-9-19-8-5-6-10-20(19)24/h5-13,16-17H,4,14-15H2,1-3H3. The number of imide groups is 2. The summed E-state index contributed by atoms with van der Waals surface area (Å²) in [7, 11) is 2.69. The minimum absolute atomic E-state index is 0.0859. The molecular formula is C27H26N2O5S. The number of hydrogen-bond donors (Lipinski definition) is 0. The van der Waals surface area contributed by atoms with Gasteiger partial charge in [0.25, 0.3) is 11.8 Å². The van der Waals surface area contributed by atoms with Crippen molar-refractivity contribution in [1.29, 1.82) is 0 Å². The molecule has 4 amide bonds. The molecule has 180 valence electrons. The van der Waals surface area contributed by atoms with Crippen molar-refractivity contribution in [1.82, 2.24) is 9.80 Å². The maximum Gasteiger partial charge on any atom is 0.333 e.